The van der Waals surface area contributed by atoms with E-state index in [0.29, 0.717) is 12.0 Å². The van der Waals surface area contributed by atoms with Crippen LogP contribution in [-0.4, -0.2) is 29.3 Å². The van der Waals surface area contributed by atoms with Gasteiger partial charge in [0.15, 0.2) is 0 Å². The lowest BCUT2D eigenvalue weighted by atomic mass is 9.95. The van der Waals surface area contributed by atoms with Crippen LogP contribution in [0.3, 0.4) is 0 Å². The largest absolute Gasteiger partial charge is 0.416 e. The maximum absolute atomic E-state index is 12.9. The second kappa shape index (κ2) is 7.68. The molecule has 2 fully saturated rings. The molecule has 1 heterocycles. The van der Waals surface area contributed by atoms with Crippen molar-refractivity contribution in [3.63, 3.8) is 0 Å². The van der Waals surface area contributed by atoms with Crippen LogP contribution >= 0.6 is 0 Å². The van der Waals surface area contributed by atoms with E-state index in [1.807, 2.05) is 0 Å². The maximum Gasteiger partial charge on any atom is 0.416 e. The number of hydrogen-bond acceptors (Lipinski definition) is 2. The normalized spacial score (nSPS) is 21.9. The van der Waals surface area contributed by atoms with Crippen molar-refractivity contribution in [1.29, 1.82) is 0 Å². The molecule has 1 saturated carbocycles. The van der Waals surface area contributed by atoms with Crippen LogP contribution in [0.5, 0.6) is 0 Å². The monoisotopic (exact) mass is 368 g/mol. The third kappa shape index (κ3) is 4.56. The summed E-state index contributed by atoms with van der Waals surface area (Å²) in [6.07, 6.45) is 0.562. The van der Waals surface area contributed by atoms with E-state index in [2.05, 4.69) is 5.32 Å². The molecule has 0 radical (unpaired) electrons. The molecule has 1 saturated heterocycles. The molecule has 0 aromatic heterocycles. The Morgan fingerprint density at radius 2 is 1.92 bits per heavy atom. The van der Waals surface area contributed by atoms with Crippen LogP contribution in [0, 0.1) is 5.92 Å². The smallest absolute Gasteiger partial charge is 0.353 e. The van der Waals surface area contributed by atoms with E-state index >= 15 is 0 Å². The highest BCUT2D eigenvalue weighted by molar-refractivity contribution is 5.84. The Morgan fingerprint density at radius 1 is 1.19 bits per heavy atom. The Kier molecular flexibility index (Phi) is 5.53. The lowest BCUT2D eigenvalue weighted by molar-refractivity contribution is -0.139. The SMILES string of the molecule is O=C(NC1CCCC1)C1CCC(=O)N(Cc2cccc(C(F)(F)F)c2)C1. The van der Waals surface area contributed by atoms with Gasteiger partial charge in [-0.2, -0.15) is 13.2 Å². The van der Waals surface area contributed by atoms with Crippen molar-refractivity contribution < 1.29 is 22.8 Å². The summed E-state index contributed by atoms with van der Waals surface area (Å²) in [7, 11) is 0. The fourth-order valence-electron chi connectivity index (χ4n) is 3.74. The fraction of sp³-hybridized carbons (Fsp3) is 0.579. The van der Waals surface area contributed by atoms with E-state index in [-0.39, 0.29) is 43.3 Å². The van der Waals surface area contributed by atoms with Crippen molar-refractivity contribution in [3.8, 4) is 0 Å². The second-order valence-corrected chi connectivity index (χ2v) is 7.20. The third-order valence-corrected chi connectivity index (χ3v) is 5.20. The van der Waals surface area contributed by atoms with Gasteiger partial charge in [-0.25, -0.2) is 0 Å². The molecule has 3 rings (SSSR count). The fourth-order valence-corrected chi connectivity index (χ4v) is 3.74. The van der Waals surface area contributed by atoms with Gasteiger partial charge in [0.25, 0.3) is 0 Å². The van der Waals surface area contributed by atoms with Crippen LogP contribution in [0.2, 0.25) is 0 Å². The number of likely N-dealkylation sites (tertiary alicyclic amines) is 1. The van der Waals surface area contributed by atoms with Crippen molar-refractivity contribution in [2.24, 2.45) is 5.92 Å². The molecule has 0 bridgehead atoms. The molecular formula is C19H23F3N2O2. The topological polar surface area (TPSA) is 49.4 Å². The summed E-state index contributed by atoms with van der Waals surface area (Å²) in [5.41, 5.74) is -0.306. The predicted octanol–water partition coefficient (Wildman–Crippen LogP) is 3.50. The number of halogens is 3. The lowest BCUT2D eigenvalue weighted by Crippen LogP contribution is -2.47. The minimum Gasteiger partial charge on any atom is -0.353 e. The number of carbonyl (C=O) groups excluding carboxylic acids is 2. The number of hydrogen-bond donors (Lipinski definition) is 1. The Bertz CT molecular complexity index is 669. The van der Waals surface area contributed by atoms with Gasteiger partial charge in [-0.15, -0.1) is 0 Å². The van der Waals surface area contributed by atoms with Gasteiger partial charge in [-0.1, -0.05) is 25.0 Å². The van der Waals surface area contributed by atoms with Crippen molar-refractivity contribution in [2.75, 3.05) is 6.54 Å². The van der Waals surface area contributed by atoms with Crippen molar-refractivity contribution in [1.82, 2.24) is 10.2 Å². The van der Waals surface area contributed by atoms with Gasteiger partial charge in [0.05, 0.1) is 11.5 Å². The van der Waals surface area contributed by atoms with E-state index in [4.69, 9.17) is 0 Å². The molecule has 142 valence electrons. The van der Waals surface area contributed by atoms with Crippen LogP contribution in [0.15, 0.2) is 24.3 Å². The van der Waals surface area contributed by atoms with Gasteiger partial charge in [0, 0.05) is 25.6 Å². The summed E-state index contributed by atoms with van der Waals surface area (Å²) in [6, 6.07) is 5.22. The van der Waals surface area contributed by atoms with E-state index in [1.165, 1.54) is 11.0 Å². The van der Waals surface area contributed by atoms with Crippen LogP contribution in [0.1, 0.15) is 49.7 Å². The van der Waals surface area contributed by atoms with Gasteiger partial charge in [-0.05, 0) is 37.0 Å². The Labute approximate surface area is 150 Å². The van der Waals surface area contributed by atoms with Crippen LogP contribution < -0.4 is 5.32 Å². The molecule has 0 spiro atoms. The summed E-state index contributed by atoms with van der Waals surface area (Å²) in [5.74, 6) is -0.454. The summed E-state index contributed by atoms with van der Waals surface area (Å²) in [4.78, 5) is 26.1. The van der Waals surface area contributed by atoms with E-state index in [1.54, 1.807) is 6.07 Å². The Balaban J connectivity index is 1.63. The summed E-state index contributed by atoms with van der Waals surface area (Å²) >= 11 is 0. The minimum atomic E-state index is -4.41. The van der Waals surface area contributed by atoms with Gasteiger partial charge in [0.2, 0.25) is 11.8 Å². The van der Waals surface area contributed by atoms with Gasteiger partial charge in [-0.3, -0.25) is 9.59 Å². The standard InChI is InChI=1S/C19H23F3N2O2/c20-19(21,22)15-5-3-4-13(10-15)11-24-12-14(8-9-17(24)25)18(26)23-16-6-1-2-7-16/h3-5,10,14,16H,1-2,6-9,11-12H2,(H,23,26). The molecule has 1 aromatic rings. The summed E-state index contributed by atoms with van der Waals surface area (Å²) < 4.78 is 38.6. The van der Waals surface area contributed by atoms with Crippen molar-refractivity contribution in [3.05, 3.63) is 35.4 Å². The number of benzene rings is 1. The van der Waals surface area contributed by atoms with Crippen molar-refractivity contribution >= 4 is 11.8 Å². The quantitative estimate of drug-likeness (QED) is 0.884. The Morgan fingerprint density at radius 3 is 2.62 bits per heavy atom. The summed E-state index contributed by atoms with van der Waals surface area (Å²) in [6.45, 7) is 0.351. The Hall–Kier alpha value is -2.05. The number of nitrogens with zero attached hydrogens (tertiary/aromatic N) is 1. The first-order valence-electron chi connectivity index (χ1n) is 9.07. The molecule has 7 heteroatoms. The molecule has 2 amide bonds. The molecule has 1 aromatic carbocycles. The highest BCUT2D eigenvalue weighted by Crippen LogP contribution is 2.30. The average Bonchev–Trinajstić information content (AvgIpc) is 3.09. The first-order chi connectivity index (χ1) is 12.3. The lowest BCUT2D eigenvalue weighted by Gasteiger charge is -2.32. The van der Waals surface area contributed by atoms with Crippen LogP contribution in [-0.2, 0) is 22.3 Å². The number of piperidine rings is 1. The molecule has 26 heavy (non-hydrogen) atoms. The molecule has 1 aliphatic heterocycles. The minimum absolute atomic E-state index is 0.0431. The number of rotatable bonds is 4. The van der Waals surface area contributed by atoms with Gasteiger partial charge >= 0.3 is 6.18 Å². The van der Waals surface area contributed by atoms with E-state index < -0.39 is 11.7 Å². The zero-order valence-electron chi connectivity index (χ0n) is 14.5. The zero-order valence-corrected chi connectivity index (χ0v) is 14.5. The number of nitrogens with one attached hydrogen (secondary N) is 1. The van der Waals surface area contributed by atoms with Crippen LogP contribution in [0.25, 0.3) is 0 Å². The van der Waals surface area contributed by atoms with E-state index in [0.717, 1.165) is 37.8 Å². The number of carbonyl (C=O) groups is 2. The molecular weight excluding hydrogens is 345 g/mol. The zero-order chi connectivity index (χ0) is 18.7. The van der Waals surface area contributed by atoms with Crippen LogP contribution in [0.4, 0.5) is 13.2 Å². The highest BCUT2D eigenvalue weighted by atomic mass is 19.4. The van der Waals surface area contributed by atoms with Gasteiger partial charge < -0.3 is 10.2 Å². The highest BCUT2D eigenvalue weighted by Gasteiger charge is 2.33. The third-order valence-electron chi connectivity index (χ3n) is 5.20. The molecule has 2 aliphatic rings. The first-order valence-corrected chi connectivity index (χ1v) is 9.07. The predicted molar refractivity (Wildman–Crippen MR) is 90.0 cm³/mol. The van der Waals surface area contributed by atoms with E-state index in [9.17, 15) is 22.8 Å². The molecule has 1 aliphatic carbocycles. The summed E-state index contributed by atoms with van der Waals surface area (Å²) in [5, 5.41) is 3.05. The second-order valence-electron chi connectivity index (χ2n) is 7.20. The molecule has 4 nitrogen and oxygen atoms in total. The molecule has 1 atom stereocenters. The number of amides is 2. The van der Waals surface area contributed by atoms with Gasteiger partial charge in [0.1, 0.15) is 0 Å². The number of alkyl halides is 3. The van der Waals surface area contributed by atoms with Crippen molar-refractivity contribution in [2.45, 2.75) is 57.3 Å². The molecule has 1 unspecified atom stereocenters. The average molecular weight is 368 g/mol. The first kappa shape index (κ1) is 18.7. The maximum atomic E-state index is 12.9. The molecule has 1 N–H and O–H groups in total.